The van der Waals surface area contributed by atoms with Gasteiger partial charge in [-0.3, -0.25) is 0 Å². The molecule has 4 rings (SSSR count). The minimum Gasteiger partial charge on any atom is -0.323 e. The summed E-state index contributed by atoms with van der Waals surface area (Å²) in [5, 5.41) is 3.29. The van der Waals surface area contributed by atoms with Crippen molar-refractivity contribution >= 4 is 17.3 Å². The number of thioether (sulfide) groups is 1. The molecule has 0 radical (unpaired) electrons. The second-order valence-electron chi connectivity index (χ2n) is 12.5. The van der Waals surface area contributed by atoms with E-state index >= 15 is 0 Å². The van der Waals surface area contributed by atoms with E-state index in [1.807, 2.05) is 38.0 Å². The summed E-state index contributed by atoms with van der Waals surface area (Å²) in [6.07, 6.45) is 22.6. The smallest absolute Gasteiger partial charge is 0.0365 e. The maximum Gasteiger partial charge on any atom is 0.0365 e. The van der Waals surface area contributed by atoms with Gasteiger partial charge in [0.25, 0.3) is 0 Å². The van der Waals surface area contributed by atoms with Crippen LogP contribution in [0.2, 0.25) is 0 Å². The number of aryl methyl sites for hydroxylation is 2. The molecule has 2 aliphatic carbocycles. The van der Waals surface area contributed by atoms with E-state index in [1.54, 1.807) is 0 Å². The molecule has 43 heavy (non-hydrogen) atoms. The second-order valence-corrected chi connectivity index (χ2v) is 13.6. The van der Waals surface area contributed by atoms with Crippen LogP contribution in [0.3, 0.4) is 0 Å². The first kappa shape index (κ1) is 38.5. The number of nitrogens with one attached hydrogen (secondary N) is 1. The van der Waals surface area contributed by atoms with E-state index < -0.39 is 0 Å². The van der Waals surface area contributed by atoms with Crippen molar-refractivity contribution in [1.82, 2.24) is 5.32 Å². The highest BCUT2D eigenvalue weighted by Gasteiger charge is 2.30. The lowest BCUT2D eigenvalue weighted by molar-refractivity contribution is 0.308. The third-order valence-corrected chi connectivity index (χ3v) is 9.75. The lowest BCUT2D eigenvalue weighted by Gasteiger charge is -2.22. The van der Waals surface area contributed by atoms with Crippen molar-refractivity contribution in [3.8, 4) is 0 Å². The van der Waals surface area contributed by atoms with Gasteiger partial charge < -0.3 is 5.32 Å². The van der Waals surface area contributed by atoms with Crippen molar-refractivity contribution in [2.45, 2.75) is 99.2 Å². The van der Waals surface area contributed by atoms with Crippen LogP contribution in [0, 0.1) is 17.8 Å². The molecule has 2 heteroatoms. The first-order valence-electron chi connectivity index (χ1n) is 16.4. The largest absolute Gasteiger partial charge is 0.323 e. The Morgan fingerprint density at radius 3 is 2.02 bits per heavy atom. The van der Waals surface area contributed by atoms with E-state index in [9.17, 15) is 0 Å². The highest BCUT2D eigenvalue weighted by Crippen LogP contribution is 2.46. The Hall–Kier alpha value is -2.51. The van der Waals surface area contributed by atoms with Gasteiger partial charge in [0.2, 0.25) is 0 Å². The summed E-state index contributed by atoms with van der Waals surface area (Å²) in [6.45, 7) is 25.7. The van der Waals surface area contributed by atoms with Gasteiger partial charge in [-0.15, -0.1) is 17.5 Å². The SMILES string of the molecule is C=C(C)C1SC2=C(C=CC=C=C2)C1C.C=C/C(=C\C=C(C)C)c1ccc(CC)c(CC)c1.CC1CCC(C)CC1.CNC. The third kappa shape index (κ3) is 13.8. The van der Waals surface area contributed by atoms with Crippen LogP contribution in [0.15, 0.2) is 101 Å². The minimum absolute atomic E-state index is 0.542. The van der Waals surface area contributed by atoms with Crippen LogP contribution in [0.25, 0.3) is 5.57 Å². The molecule has 3 aliphatic rings. The van der Waals surface area contributed by atoms with Crippen LogP contribution in [-0.2, 0) is 12.8 Å². The number of hydrogen-bond donors (Lipinski definition) is 1. The van der Waals surface area contributed by atoms with Gasteiger partial charge in [0.05, 0.1) is 0 Å². The minimum atomic E-state index is 0.542. The summed E-state index contributed by atoms with van der Waals surface area (Å²) in [6, 6.07) is 6.74. The number of hydrogen-bond acceptors (Lipinski definition) is 2. The maximum absolute atomic E-state index is 4.06. The van der Waals surface area contributed by atoms with E-state index in [2.05, 4.69) is 128 Å². The molecule has 1 aliphatic heterocycles. The molecule has 0 spiro atoms. The Balaban J connectivity index is 0.000000326. The number of rotatable bonds is 6. The van der Waals surface area contributed by atoms with Crippen molar-refractivity contribution in [2.24, 2.45) is 17.8 Å². The fourth-order valence-electron chi connectivity index (χ4n) is 5.35. The Morgan fingerprint density at radius 2 is 1.53 bits per heavy atom. The fraction of sp³-hybridized carbons (Fsp3) is 0.488. The molecule has 1 fully saturated rings. The standard InChI is InChI=1S/C18H24.C13H14S.C8H16.C2H7N/c1-6-15-11-12-18(13-17(15)8-3)16(7-2)10-9-14(4)5;1-9(2)13-10(3)11-7-5-4-6-8-12(11)14-13;1-7-3-5-8(2)6-4-7;1-3-2/h7,9-13H,2,6,8H2,1,3-5H3;4-5,7-8,10,13H,1H2,2-3H3;7-8H,3-6H2,1-2H3;3H,1-2H3/b16-10+;;;. The van der Waals surface area contributed by atoms with Gasteiger partial charge in [0.15, 0.2) is 0 Å². The van der Waals surface area contributed by atoms with Crippen LogP contribution in [-0.4, -0.2) is 19.3 Å². The van der Waals surface area contributed by atoms with Gasteiger partial charge in [-0.1, -0.05) is 133 Å². The van der Waals surface area contributed by atoms with Gasteiger partial charge in [-0.25, -0.2) is 0 Å². The summed E-state index contributed by atoms with van der Waals surface area (Å²) in [5.74, 6) is 2.62. The lowest BCUT2D eigenvalue weighted by atomic mass is 9.84. The molecular formula is C41H61NS. The predicted molar refractivity (Wildman–Crippen MR) is 199 cm³/mol. The molecule has 1 heterocycles. The Bertz CT molecular complexity index is 1190. The van der Waals surface area contributed by atoms with Crippen LogP contribution >= 0.6 is 11.8 Å². The Labute approximate surface area is 270 Å². The van der Waals surface area contributed by atoms with Gasteiger partial charge in [-0.05, 0) is 105 Å². The zero-order chi connectivity index (χ0) is 32.4. The van der Waals surface area contributed by atoms with Crippen molar-refractivity contribution in [1.29, 1.82) is 0 Å². The van der Waals surface area contributed by atoms with E-state index in [4.69, 9.17) is 0 Å². The van der Waals surface area contributed by atoms with Crippen LogP contribution in [0.4, 0.5) is 0 Å². The molecule has 0 saturated heterocycles. The zero-order valence-corrected chi connectivity index (χ0v) is 30.0. The summed E-state index contributed by atoms with van der Waals surface area (Å²) >= 11 is 1.91. The fourth-order valence-corrected chi connectivity index (χ4v) is 6.70. The van der Waals surface area contributed by atoms with E-state index in [1.165, 1.54) is 69.6 Å². The average molecular weight is 600 g/mol. The maximum atomic E-state index is 4.06. The molecule has 236 valence electrons. The summed E-state index contributed by atoms with van der Waals surface area (Å²) in [4.78, 5) is 1.36. The molecule has 2 unspecified atom stereocenters. The van der Waals surface area contributed by atoms with Crippen LogP contribution in [0.5, 0.6) is 0 Å². The first-order chi connectivity index (χ1) is 20.5. The number of benzene rings is 1. The van der Waals surface area contributed by atoms with Gasteiger partial charge in [0, 0.05) is 10.2 Å². The molecular weight excluding hydrogens is 539 g/mol. The first-order valence-corrected chi connectivity index (χ1v) is 17.2. The average Bonchev–Trinajstić information content (AvgIpc) is 3.14. The van der Waals surface area contributed by atoms with E-state index in [-0.39, 0.29) is 0 Å². The van der Waals surface area contributed by atoms with E-state index in [0.29, 0.717) is 11.2 Å². The van der Waals surface area contributed by atoms with Gasteiger partial charge in [-0.2, -0.15) is 0 Å². The van der Waals surface area contributed by atoms with Crippen molar-refractivity contribution in [3.63, 3.8) is 0 Å². The molecule has 2 atom stereocenters. The van der Waals surface area contributed by atoms with Gasteiger partial charge in [0.1, 0.15) is 0 Å². The normalized spacial score (nSPS) is 22.0. The molecule has 1 nitrogen and oxygen atoms in total. The number of allylic oxidation sites excluding steroid dienone is 9. The second kappa shape index (κ2) is 21.2. The highest BCUT2D eigenvalue weighted by molar-refractivity contribution is 8.04. The van der Waals surface area contributed by atoms with Crippen molar-refractivity contribution in [3.05, 3.63) is 118 Å². The molecule has 1 saturated carbocycles. The molecule has 0 amide bonds. The molecule has 1 N–H and O–H groups in total. The molecule has 0 bridgehead atoms. The zero-order valence-electron chi connectivity index (χ0n) is 29.1. The lowest BCUT2D eigenvalue weighted by Crippen LogP contribution is -2.11. The Morgan fingerprint density at radius 1 is 0.953 bits per heavy atom. The Kier molecular flexibility index (Phi) is 19.0. The van der Waals surface area contributed by atoms with Crippen molar-refractivity contribution < 1.29 is 0 Å². The van der Waals surface area contributed by atoms with Crippen LogP contribution < -0.4 is 5.32 Å². The quantitative estimate of drug-likeness (QED) is 0.198. The summed E-state index contributed by atoms with van der Waals surface area (Å²) in [7, 11) is 3.75. The van der Waals surface area contributed by atoms with Crippen molar-refractivity contribution in [2.75, 3.05) is 14.1 Å². The topological polar surface area (TPSA) is 12.0 Å². The molecule has 1 aromatic rings. The highest BCUT2D eigenvalue weighted by atomic mass is 32.2. The molecule has 1 aromatic carbocycles. The van der Waals surface area contributed by atoms with Crippen LogP contribution in [0.1, 0.15) is 97.8 Å². The summed E-state index contributed by atoms with van der Waals surface area (Å²) < 4.78 is 0. The molecule has 0 aromatic heterocycles. The van der Waals surface area contributed by atoms with E-state index in [0.717, 1.165) is 24.7 Å². The monoisotopic (exact) mass is 599 g/mol. The third-order valence-electron chi connectivity index (χ3n) is 8.07. The summed E-state index contributed by atoms with van der Waals surface area (Å²) in [5.41, 5.74) is 12.5. The van der Waals surface area contributed by atoms with Gasteiger partial charge >= 0.3 is 0 Å². The predicted octanol–water partition coefficient (Wildman–Crippen LogP) is 11.9.